The van der Waals surface area contributed by atoms with E-state index in [0.717, 1.165) is 17.8 Å². The van der Waals surface area contributed by atoms with Crippen LogP contribution in [-0.4, -0.2) is 22.1 Å². The highest BCUT2D eigenvalue weighted by Gasteiger charge is 2.43. The Hall–Kier alpha value is -1.74. The van der Waals surface area contributed by atoms with E-state index >= 15 is 0 Å². The van der Waals surface area contributed by atoms with E-state index in [0.29, 0.717) is 4.91 Å². The van der Waals surface area contributed by atoms with Gasteiger partial charge in [0.15, 0.2) is 0 Å². The number of thioether (sulfide) groups is 1. The standard InChI is InChI=1S/C13H15N2O7PS/c1-4-21-23(20)8-12(13(2,3)22-23)24-11-6-5-9(14(16)17)7-10(11)15(18)19/h5-8H,4H2,1-3H3/t23-/m1/s1. The van der Waals surface area contributed by atoms with Gasteiger partial charge >= 0.3 is 7.60 Å². The van der Waals surface area contributed by atoms with Gasteiger partial charge in [0.05, 0.1) is 27.4 Å². The molecule has 2 rings (SSSR count). The Morgan fingerprint density at radius 2 is 1.96 bits per heavy atom. The van der Waals surface area contributed by atoms with E-state index in [4.69, 9.17) is 9.05 Å². The van der Waals surface area contributed by atoms with Gasteiger partial charge in [0.2, 0.25) is 0 Å². The molecule has 1 aromatic carbocycles. The highest BCUT2D eigenvalue weighted by Crippen LogP contribution is 2.63. The van der Waals surface area contributed by atoms with E-state index < -0.39 is 28.7 Å². The van der Waals surface area contributed by atoms with Crippen molar-refractivity contribution < 1.29 is 23.5 Å². The molecular formula is C13H15N2O7PS. The molecule has 9 nitrogen and oxygen atoms in total. The summed E-state index contributed by atoms with van der Waals surface area (Å²) in [6, 6.07) is 3.37. The van der Waals surface area contributed by atoms with Crippen LogP contribution in [0.3, 0.4) is 0 Å². The highest BCUT2D eigenvalue weighted by molar-refractivity contribution is 8.03. The molecule has 0 fully saturated rings. The van der Waals surface area contributed by atoms with Gasteiger partial charge in [0.1, 0.15) is 5.60 Å². The lowest BCUT2D eigenvalue weighted by molar-refractivity contribution is -0.396. The fourth-order valence-corrected chi connectivity index (χ4v) is 5.48. The number of non-ortho nitro benzene ring substituents is 1. The SMILES string of the molecule is CCO[P@]1(=O)C=C(Sc2ccc([N+](=O)[O-])cc2[N+](=O)[O-])C(C)(C)O1. The molecule has 0 unspecified atom stereocenters. The van der Waals surface area contributed by atoms with Gasteiger partial charge in [-0.25, -0.2) is 0 Å². The normalized spacial score (nSPS) is 22.2. The summed E-state index contributed by atoms with van der Waals surface area (Å²) >= 11 is 0.981. The molecule has 1 atom stereocenters. The third-order valence-corrected chi connectivity index (χ3v) is 6.58. The van der Waals surface area contributed by atoms with Crippen molar-refractivity contribution in [1.29, 1.82) is 0 Å². The quantitative estimate of drug-likeness (QED) is 0.406. The second-order valence-electron chi connectivity index (χ2n) is 5.32. The summed E-state index contributed by atoms with van der Waals surface area (Å²) in [5, 5.41) is 22.0. The summed E-state index contributed by atoms with van der Waals surface area (Å²) < 4.78 is 23.0. The zero-order valence-electron chi connectivity index (χ0n) is 13.1. The summed E-state index contributed by atoms with van der Waals surface area (Å²) in [4.78, 5) is 21.3. The number of hydrogen-bond acceptors (Lipinski definition) is 8. The van der Waals surface area contributed by atoms with Crippen LogP contribution in [0.1, 0.15) is 20.8 Å². The predicted molar refractivity (Wildman–Crippen MR) is 88.1 cm³/mol. The zero-order valence-corrected chi connectivity index (χ0v) is 14.8. The second-order valence-corrected chi connectivity index (χ2v) is 8.18. The number of nitro benzene ring substituents is 2. The molecule has 0 saturated heterocycles. The Kier molecular flexibility index (Phi) is 5.14. The van der Waals surface area contributed by atoms with Crippen molar-refractivity contribution in [3.63, 3.8) is 0 Å². The molecule has 0 amide bonds. The molecule has 1 heterocycles. The Morgan fingerprint density at radius 1 is 1.29 bits per heavy atom. The van der Waals surface area contributed by atoms with Crippen molar-refractivity contribution in [3.8, 4) is 0 Å². The first-order valence-corrected chi connectivity index (χ1v) is 9.30. The monoisotopic (exact) mass is 374 g/mol. The Morgan fingerprint density at radius 3 is 2.50 bits per heavy atom. The van der Waals surface area contributed by atoms with Crippen molar-refractivity contribution >= 4 is 30.7 Å². The number of nitro groups is 2. The van der Waals surface area contributed by atoms with E-state index in [9.17, 15) is 24.8 Å². The van der Waals surface area contributed by atoms with Crippen molar-refractivity contribution in [3.05, 3.63) is 49.1 Å². The van der Waals surface area contributed by atoms with Crippen LogP contribution in [0.15, 0.2) is 33.8 Å². The van der Waals surface area contributed by atoms with E-state index in [-0.39, 0.29) is 17.2 Å². The van der Waals surface area contributed by atoms with Gasteiger partial charge in [-0.2, -0.15) is 0 Å². The van der Waals surface area contributed by atoms with Crippen LogP contribution in [0.5, 0.6) is 0 Å². The van der Waals surface area contributed by atoms with Gasteiger partial charge in [-0.3, -0.25) is 29.3 Å². The third kappa shape index (κ3) is 3.84. The van der Waals surface area contributed by atoms with Gasteiger partial charge in [-0.15, -0.1) is 0 Å². The average molecular weight is 374 g/mol. The van der Waals surface area contributed by atoms with Gasteiger partial charge < -0.3 is 4.52 Å². The molecule has 0 aliphatic carbocycles. The molecular weight excluding hydrogens is 359 g/mol. The lowest BCUT2D eigenvalue weighted by Crippen LogP contribution is -2.19. The van der Waals surface area contributed by atoms with Crippen LogP contribution in [0.25, 0.3) is 0 Å². The zero-order chi connectivity index (χ0) is 18.1. The van der Waals surface area contributed by atoms with Crippen molar-refractivity contribution in [1.82, 2.24) is 0 Å². The smallest absolute Gasteiger partial charge is 0.306 e. The number of hydrogen-bond donors (Lipinski definition) is 0. The molecule has 0 spiro atoms. The molecule has 1 aliphatic rings. The minimum Gasteiger partial charge on any atom is -0.306 e. The summed E-state index contributed by atoms with van der Waals surface area (Å²) in [7, 11) is -3.41. The molecule has 1 aliphatic heterocycles. The van der Waals surface area contributed by atoms with Crippen LogP contribution < -0.4 is 0 Å². The molecule has 0 aromatic heterocycles. The first kappa shape index (κ1) is 18.6. The minimum absolute atomic E-state index is 0.193. The number of rotatable bonds is 6. The van der Waals surface area contributed by atoms with E-state index in [1.54, 1.807) is 20.8 Å². The van der Waals surface area contributed by atoms with Crippen LogP contribution in [0.4, 0.5) is 11.4 Å². The fourth-order valence-electron chi connectivity index (χ4n) is 2.05. The maximum absolute atomic E-state index is 12.4. The molecule has 24 heavy (non-hydrogen) atoms. The Bertz CT molecular complexity index is 778. The van der Waals surface area contributed by atoms with Crippen LogP contribution in [-0.2, 0) is 13.6 Å². The summed E-state index contributed by atoms with van der Waals surface area (Å²) in [5.74, 6) is 1.34. The largest absolute Gasteiger partial charge is 0.355 e. The molecule has 0 bridgehead atoms. The first-order chi connectivity index (χ1) is 11.1. The summed E-state index contributed by atoms with van der Waals surface area (Å²) in [6.07, 6.45) is 0. The van der Waals surface area contributed by atoms with Crippen LogP contribution in [0, 0.1) is 20.2 Å². The second kappa shape index (κ2) is 6.64. The molecule has 0 radical (unpaired) electrons. The van der Waals surface area contributed by atoms with E-state index in [1.807, 2.05) is 0 Å². The summed E-state index contributed by atoms with van der Waals surface area (Å²) in [5.41, 5.74) is -1.73. The highest BCUT2D eigenvalue weighted by atomic mass is 32.2. The van der Waals surface area contributed by atoms with Crippen LogP contribution >= 0.6 is 19.4 Å². The Labute approximate surface area is 141 Å². The maximum Gasteiger partial charge on any atom is 0.355 e. The average Bonchev–Trinajstić information content (AvgIpc) is 2.68. The van der Waals surface area contributed by atoms with Crippen molar-refractivity contribution in [2.75, 3.05) is 6.61 Å². The number of benzene rings is 1. The summed E-state index contributed by atoms with van der Waals surface area (Å²) in [6.45, 7) is 5.21. The van der Waals surface area contributed by atoms with Gasteiger partial charge in [0.25, 0.3) is 11.4 Å². The topological polar surface area (TPSA) is 122 Å². The van der Waals surface area contributed by atoms with Gasteiger partial charge in [-0.1, -0.05) is 11.8 Å². The van der Waals surface area contributed by atoms with Gasteiger partial charge in [0, 0.05) is 16.8 Å². The molecule has 11 heteroatoms. The van der Waals surface area contributed by atoms with E-state index in [1.165, 1.54) is 17.9 Å². The molecule has 130 valence electrons. The lowest BCUT2D eigenvalue weighted by atomic mass is 10.1. The molecule has 0 N–H and O–H groups in total. The van der Waals surface area contributed by atoms with Gasteiger partial charge in [-0.05, 0) is 26.8 Å². The predicted octanol–water partition coefficient (Wildman–Crippen LogP) is 4.47. The number of nitrogens with zero attached hydrogens (tertiary/aromatic N) is 2. The lowest BCUT2D eigenvalue weighted by Gasteiger charge is -2.22. The van der Waals surface area contributed by atoms with Crippen LogP contribution in [0.2, 0.25) is 0 Å². The van der Waals surface area contributed by atoms with Crippen molar-refractivity contribution in [2.45, 2.75) is 31.3 Å². The van der Waals surface area contributed by atoms with E-state index in [2.05, 4.69) is 0 Å². The Balaban J connectivity index is 2.41. The third-order valence-electron chi connectivity index (χ3n) is 3.10. The first-order valence-electron chi connectivity index (χ1n) is 6.87. The maximum atomic E-state index is 12.4. The fraction of sp³-hybridized carbons (Fsp3) is 0.385. The minimum atomic E-state index is -3.41. The van der Waals surface area contributed by atoms with Crippen molar-refractivity contribution in [2.24, 2.45) is 0 Å². The molecule has 1 aromatic rings. The molecule has 0 saturated carbocycles.